The van der Waals surface area contributed by atoms with Crippen LogP contribution in [0, 0.1) is 18.8 Å². The van der Waals surface area contributed by atoms with E-state index in [2.05, 4.69) is 10.3 Å². The molecule has 52 heavy (non-hydrogen) atoms. The van der Waals surface area contributed by atoms with Crippen LogP contribution in [0.3, 0.4) is 0 Å². The van der Waals surface area contributed by atoms with Crippen LogP contribution in [0.25, 0.3) is 21.3 Å². The van der Waals surface area contributed by atoms with Crippen molar-refractivity contribution < 1.29 is 24.2 Å². The number of carboxylic acid groups (broad SMARTS) is 1. The summed E-state index contributed by atoms with van der Waals surface area (Å²) in [6, 6.07) is 22.8. The molecule has 2 unspecified atom stereocenters. The Labute approximate surface area is 305 Å². The van der Waals surface area contributed by atoms with E-state index >= 15 is 0 Å². The van der Waals surface area contributed by atoms with Crippen LogP contribution in [-0.2, 0) is 22.5 Å². The van der Waals surface area contributed by atoms with Gasteiger partial charge in [0.1, 0.15) is 11.4 Å². The second-order valence-corrected chi connectivity index (χ2v) is 15.9. The monoisotopic (exact) mass is 713 g/mol. The Morgan fingerprint density at radius 3 is 2.50 bits per heavy atom. The summed E-state index contributed by atoms with van der Waals surface area (Å²) in [7, 11) is 1.80. The number of carbonyl (C=O) groups excluding carboxylic acids is 2. The molecule has 2 aromatic heterocycles. The maximum absolute atomic E-state index is 14.1. The number of carbonyl (C=O) groups is 3. The largest absolute Gasteiger partial charge is 0.476 e. The Bertz CT molecular complexity index is 2210. The highest BCUT2D eigenvalue weighted by Gasteiger charge is 2.57. The van der Waals surface area contributed by atoms with Crippen molar-refractivity contribution in [1.82, 2.24) is 9.97 Å². The van der Waals surface area contributed by atoms with Crippen molar-refractivity contribution in [3.8, 4) is 11.1 Å². The number of aromatic nitrogens is 2. The molecule has 2 aliphatic carbocycles. The van der Waals surface area contributed by atoms with Crippen molar-refractivity contribution in [1.29, 1.82) is 0 Å². The van der Waals surface area contributed by atoms with Gasteiger partial charge in [0.15, 0.2) is 10.8 Å². The third kappa shape index (κ3) is 5.54. The van der Waals surface area contributed by atoms with Crippen LogP contribution in [0.4, 0.5) is 16.6 Å². The second-order valence-electron chi connectivity index (χ2n) is 14.8. The third-order valence-corrected chi connectivity index (χ3v) is 12.5. The molecule has 4 fully saturated rings. The lowest BCUT2D eigenvalue weighted by molar-refractivity contribution is -0.216. The van der Waals surface area contributed by atoms with Gasteiger partial charge in [0.25, 0.3) is 11.8 Å². The molecule has 3 aromatic carbocycles. The number of pyridine rings is 1. The van der Waals surface area contributed by atoms with Gasteiger partial charge in [-0.25, -0.2) is 14.8 Å². The lowest BCUT2D eigenvalue weighted by atomic mass is 9.62. The van der Waals surface area contributed by atoms with Crippen molar-refractivity contribution in [2.75, 3.05) is 28.7 Å². The van der Waals surface area contributed by atoms with Gasteiger partial charge in [-0.3, -0.25) is 14.9 Å². The molecule has 4 bridgehead atoms. The van der Waals surface area contributed by atoms with E-state index in [0.717, 1.165) is 58.3 Å². The molecule has 0 spiro atoms. The number of anilines is 3. The zero-order valence-electron chi connectivity index (χ0n) is 29.1. The fraction of sp³-hybridized carbons (Fsp3) is 0.341. The van der Waals surface area contributed by atoms with Crippen LogP contribution in [0.15, 0.2) is 72.8 Å². The number of benzene rings is 3. The van der Waals surface area contributed by atoms with E-state index in [4.69, 9.17) is 9.72 Å². The minimum atomic E-state index is -1.14. The van der Waals surface area contributed by atoms with E-state index in [9.17, 15) is 19.5 Å². The SMILES string of the molecule is Cc1c(-c2ccc(N3CCc4cccc(C(=O)Nc5nc6ccccc6s5)c4C3)nc2C(=O)O)cccc1N(C)C(=O)C12CC3CC(CC(C3)O1)C2. The van der Waals surface area contributed by atoms with Crippen molar-refractivity contribution in [2.45, 2.75) is 63.7 Å². The van der Waals surface area contributed by atoms with Gasteiger partial charge in [-0.1, -0.05) is 47.7 Å². The number of ether oxygens (including phenoxy) is 1. The molecule has 5 aromatic rings. The topological polar surface area (TPSA) is 125 Å². The molecular weight excluding hydrogens is 675 g/mol. The number of hydrogen-bond acceptors (Lipinski definition) is 8. The normalized spacial score (nSPS) is 23.0. The number of nitrogens with one attached hydrogen (secondary N) is 1. The maximum atomic E-state index is 14.1. The summed E-state index contributed by atoms with van der Waals surface area (Å²) in [5, 5.41) is 14.0. The fourth-order valence-corrected chi connectivity index (χ4v) is 10.2. The van der Waals surface area contributed by atoms with Crippen molar-refractivity contribution in [3.05, 3.63) is 101 Å². The van der Waals surface area contributed by atoms with Gasteiger partial charge in [-0.15, -0.1) is 0 Å². The predicted octanol–water partition coefficient (Wildman–Crippen LogP) is 7.49. The number of rotatable bonds is 7. The Balaban J connectivity index is 0.982. The summed E-state index contributed by atoms with van der Waals surface area (Å²) in [4.78, 5) is 53.5. The molecule has 2 atom stereocenters. The molecule has 2 N–H and O–H groups in total. The number of carboxylic acids is 1. The molecule has 0 radical (unpaired) electrons. The van der Waals surface area contributed by atoms with Crippen LogP contribution in [-0.4, -0.2) is 58.2 Å². The van der Waals surface area contributed by atoms with Crippen LogP contribution in [0.5, 0.6) is 0 Å². The van der Waals surface area contributed by atoms with Gasteiger partial charge in [-0.05, 0) is 116 Å². The second kappa shape index (κ2) is 12.5. The Morgan fingerprint density at radius 2 is 1.73 bits per heavy atom. The highest BCUT2D eigenvalue weighted by atomic mass is 32.1. The number of nitrogens with zero attached hydrogens (tertiary/aromatic N) is 4. The Kier molecular flexibility index (Phi) is 7.89. The van der Waals surface area contributed by atoms with E-state index in [1.165, 1.54) is 17.8 Å². The molecule has 5 aliphatic rings. The van der Waals surface area contributed by atoms with Gasteiger partial charge in [0, 0.05) is 37.0 Å². The molecule has 10 nitrogen and oxygen atoms in total. The number of para-hydroxylation sites is 1. The summed E-state index contributed by atoms with van der Waals surface area (Å²) >= 11 is 1.43. The first kappa shape index (κ1) is 32.8. The highest BCUT2D eigenvalue weighted by Crippen LogP contribution is 2.54. The quantitative estimate of drug-likeness (QED) is 0.178. The number of likely N-dealkylation sites (N-methyl/N-ethyl adjacent to an activating group) is 1. The zero-order valence-corrected chi connectivity index (χ0v) is 29.9. The first-order valence-corrected chi connectivity index (χ1v) is 18.8. The average Bonchev–Trinajstić information content (AvgIpc) is 3.55. The van der Waals surface area contributed by atoms with Gasteiger partial charge < -0.3 is 19.6 Å². The maximum Gasteiger partial charge on any atom is 0.355 e. The molecule has 3 aliphatic heterocycles. The summed E-state index contributed by atoms with van der Waals surface area (Å²) in [6.45, 7) is 2.95. The number of aromatic carboxylic acids is 1. The van der Waals surface area contributed by atoms with Crippen molar-refractivity contribution in [2.24, 2.45) is 11.8 Å². The van der Waals surface area contributed by atoms with Crippen LogP contribution in [0.2, 0.25) is 0 Å². The Morgan fingerprint density at radius 1 is 0.942 bits per heavy atom. The van der Waals surface area contributed by atoms with Crippen molar-refractivity contribution in [3.63, 3.8) is 0 Å². The van der Waals surface area contributed by atoms with E-state index < -0.39 is 11.6 Å². The zero-order chi connectivity index (χ0) is 35.7. The average molecular weight is 714 g/mol. The number of amides is 2. The molecule has 264 valence electrons. The molecular formula is C41H39N5O5S. The summed E-state index contributed by atoms with van der Waals surface area (Å²) in [5.74, 6) is 0.216. The summed E-state index contributed by atoms with van der Waals surface area (Å²) < 4.78 is 7.46. The van der Waals surface area contributed by atoms with E-state index in [1.54, 1.807) is 11.9 Å². The van der Waals surface area contributed by atoms with Gasteiger partial charge >= 0.3 is 5.97 Å². The van der Waals surface area contributed by atoms with E-state index in [-0.39, 0.29) is 23.6 Å². The third-order valence-electron chi connectivity index (χ3n) is 11.6. The number of hydrogen-bond donors (Lipinski definition) is 2. The molecule has 2 amide bonds. The molecule has 11 heteroatoms. The highest BCUT2D eigenvalue weighted by molar-refractivity contribution is 7.22. The summed E-state index contributed by atoms with van der Waals surface area (Å²) in [5.41, 5.74) is 5.23. The van der Waals surface area contributed by atoms with Gasteiger partial charge in [0.2, 0.25) is 0 Å². The van der Waals surface area contributed by atoms with Crippen LogP contribution < -0.4 is 15.1 Å². The molecule has 5 heterocycles. The first-order chi connectivity index (χ1) is 25.2. The lowest BCUT2D eigenvalue weighted by Crippen LogP contribution is -2.62. The first-order valence-electron chi connectivity index (χ1n) is 18.0. The van der Waals surface area contributed by atoms with Gasteiger partial charge in [-0.2, -0.15) is 0 Å². The number of fused-ring (bicyclic) bond motifs is 2. The fourth-order valence-electron chi connectivity index (χ4n) is 9.37. The molecule has 10 rings (SSSR count). The molecule has 2 saturated heterocycles. The van der Waals surface area contributed by atoms with Crippen LogP contribution in [0.1, 0.15) is 69.6 Å². The number of thiazole rings is 1. The van der Waals surface area contributed by atoms with E-state index in [1.807, 2.05) is 84.6 Å². The lowest BCUT2D eigenvalue weighted by Gasteiger charge is -2.56. The minimum Gasteiger partial charge on any atom is -0.476 e. The standard InChI is InChI=1S/C41H39N5O5S/c1-23-28(8-6-11-33(23)45(2)39(50)41-20-24-17-25(21-41)19-27(18-24)51-41)29-13-14-35(43-36(29)38(48)49)46-16-15-26-7-5-9-30(31(26)22-46)37(47)44-40-42-32-10-3-4-12-34(32)52-40/h3-14,24-25,27H,15-22H2,1-2H3,(H,48,49)(H,42,44,47). The van der Waals surface area contributed by atoms with Crippen LogP contribution >= 0.6 is 11.3 Å². The molecule has 2 saturated carbocycles. The van der Waals surface area contributed by atoms with Gasteiger partial charge in [0.05, 0.1) is 16.3 Å². The Hall–Kier alpha value is -5.13. The van der Waals surface area contributed by atoms with Crippen molar-refractivity contribution >= 4 is 56.0 Å². The predicted molar refractivity (Wildman–Crippen MR) is 201 cm³/mol. The smallest absolute Gasteiger partial charge is 0.355 e. The summed E-state index contributed by atoms with van der Waals surface area (Å²) in [6.07, 6.45) is 5.68. The minimum absolute atomic E-state index is 0.0164. The van der Waals surface area contributed by atoms with E-state index in [0.29, 0.717) is 59.0 Å².